The van der Waals surface area contributed by atoms with Crippen molar-refractivity contribution in [2.75, 3.05) is 11.9 Å². The smallest absolute Gasteiger partial charge is 0.259 e. The summed E-state index contributed by atoms with van der Waals surface area (Å²) in [5.41, 5.74) is 7.63. The second-order valence-corrected chi connectivity index (χ2v) is 5.27. The number of amides is 1. The van der Waals surface area contributed by atoms with Crippen LogP contribution in [0.4, 0.5) is 5.69 Å². The fourth-order valence-corrected chi connectivity index (χ4v) is 2.12. The monoisotopic (exact) mass is 295 g/mol. The zero-order valence-corrected chi connectivity index (χ0v) is 13.2. The Balaban J connectivity index is 1.88. The lowest BCUT2D eigenvalue weighted by Crippen LogP contribution is -2.27. The Hall–Kier alpha value is -2.62. The van der Waals surface area contributed by atoms with Crippen LogP contribution in [0.3, 0.4) is 0 Å². The lowest BCUT2D eigenvalue weighted by atomic mass is 10.1. The highest BCUT2D eigenvalue weighted by Crippen LogP contribution is 2.15. The number of anilines is 1. The lowest BCUT2D eigenvalue weighted by Gasteiger charge is -2.09. The maximum Gasteiger partial charge on any atom is 0.259 e. The van der Waals surface area contributed by atoms with Crippen molar-refractivity contribution in [3.8, 4) is 0 Å². The van der Waals surface area contributed by atoms with E-state index in [-0.39, 0.29) is 12.5 Å². The van der Waals surface area contributed by atoms with E-state index in [1.54, 1.807) is 0 Å². The van der Waals surface area contributed by atoms with Crippen molar-refractivity contribution in [2.45, 2.75) is 20.8 Å². The number of nitrogens with zero attached hydrogens (tertiary/aromatic N) is 1. The molecule has 0 radical (unpaired) electrons. The van der Waals surface area contributed by atoms with E-state index in [1.807, 2.05) is 63.2 Å². The van der Waals surface area contributed by atoms with Crippen LogP contribution >= 0.6 is 0 Å². The van der Waals surface area contributed by atoms with Crippen LogP contribution < -0.4 is 10.7 Å². The normalized spacial score (nSPS) is 11.1. The number of hydrazone groups is 1. The molecule has 0 heterocycles. The van der Waals surface area contributed by atoms with Gasteiger partial charge in [0.15, 0.2) is 0 Å². The molecule has 2 aromatic rings. The van der Waals surface area contributed by atoms with Crippen LogP contribution in [0.25, 0.3) is 0 Å². The molecule has 4 heteroatoms. The molecule has 2 rings (SSSR count). The van der Waals surface area contributed by atoms with Crippen LogP contribution in [0.1, 0.15) is 23.6 Å². The van der Waals surface area contributed by atoms with Crippen LogP contribution in [-0.4, -0.2) is 18.2 Å². The van der Waals surface area contributed by atoms with Gasteiger partial charge in [0.1, 0.15) is 0 Å². The number of carbonyl (C=O) groups excluding carboxylic acids is 1. The molecule has 2 aromatic carbocycles. The molecule has 0 aliphatic heterocycles. The van der Waals surface area contributed by atoms with Crippen molar-refractivity contribution in [2.24, 2.45) is 5.10 Å². The van der Waals surface area contributed by atoms with Crippen molar-refractivity contribution in [3.05, 3.63) is 65.2 Å². The van der Waals surface area contributed by atoms with Crippen LogP contribution in [0.2, 0.25) is 0 Å². The Morgan fingerprint density at radius 1 is 1.09 bits per heavy atom. The highest BCUT2D eigenvalue weighted by molar-refractivity contribution is 5.99. The zero-order chi connectivity index (χ0) is 15.9. The number of hydrogen-bond acceptors (Lipinski definition) is 3. The molecule has 114 valence electrons. The zero-order valence-electron chi connectivity index (χ0n) is 13.2. The Kier molecular flexibility index (Phi) is 5.31. The second-order valence-electron chi connectivity index (χ2n) is 5.27. The summed E-state index contributed by atoms with van der Waals surface area (Å²) in [6, 6.07) is 15.8. The summed E-state index contributed by atoms with van der Waals surface area (Å²) in [7, 11) is 0. The van der Waals surface area contributed by atoms with Crippen molar-refractivity contribution >= 4 is 17.3 Å². The van der Waals surface area contributed by atoms with Crippen molar-refractivity contribution < 1.29 is 4.79 Å². The second kappa shape index (κ2) is 7.41. The van der Waals surface area contributed by atoms with E-state index in [2.05, 4.69) is 21.9 Å². The maximum absolute atomic E-state index is 11.8. The topological polar surface area (TPSA) is 53.5 Å². The molecule has 0 aromatic heterocycles. The number of carbonyl (C=O) groups is 1. The third-order valence-corrected chi connectivity index (χ3v) is 3.36. The van der Waals surface area contributed by atoms with Gasteiger partial charge in [-0.05, 0) is 38.0 Å². The first-order valence-electron chi connectivity index (χ1n) is 7.26. The molecule has 0 spiro atoms. The van der Waals surface area contributed by atoms with Gasteiger partial charge in [-0.15, -0.1) is 0 Å². The van der Waals surface area contributed by atoms with E-state index in [1.165, 1.54) is 5.56 Å². The van der Waals surface area contributed by atoms with Crippen LogP contribution in [0.15, 0.2) is 53.6 Å². The minimum atomic E-state index is -0.171. The van der Waals surface area contributed by atoms with E-state index < -0.39 is 0 Å². The minimum Gasteiger partial charge on any atom is -0.376 e. The van der Waals surface area contributed by atoms with Gasteiger partial charge in [-0.1, -0.05) is 48.0 Å². The molecule has 0 unspecified atom stereocenters. The predicted octanol–water partition coefficient (Wildman–Crippen LogP) is 3.26. The predicted molar refractivity (Wildman–Crippen MR) is 91.2 cm³/mol. The molecule has 0 fully saturated rings. The van der Waals surface area contributed by atoms with Gasteiger partial charge in [0.2, 0.25) is 0 Å². The summed E-state index contributed by atoms with van der Waals surface area (Å²) in [5.74, 6) is -0.171. The lowest BCUT2D eigenvalue weighted by molar-refractivity contribution is -0.119. The Labute approximate surface area is 131 Å². The number of rotatable bonds is 5. The SMILES string of the molecule is C/C(=N\NC(=O)CNc1ccc(C)cc1C)c1ccccc1. The first-order chi connectivity index (χ1) is 10.6. The number of aryl methyl sites for hydroxylation is 2. The van der Waals surface area contributed by atoms with E-state index in [4.69, 9.17) is 0 Å². The van der Waals surface area contributed by atoms with Crippen molar-refractivity contribution in [3.63, 3.8) is 0 Å². The van der Waals surface area contributed by atoms with Crippen LogP contribution in [0.5, 0.6) is 0 Å². The molecule has 2 N–H and O–H groups in total. The van der Waals surface area contributed by atoms with Gasteiger partial charge in [-0.2, -0.15) is 5.10 Å². The molecule has 1 amide bonds. The first kappa shape index (κ1) is 15.8. The van der Waals surface area contributed by atoms with Crippen LogP contribution in [0, 0.1) is 13.8 Å². The molecule has 22 heavy (non-hydrogen) atoms. The molecule has 0 aliphatic rings. The van der Waals surface area contributed by atoms with Gasteiger partial charge in [-0.3, -0.25) is 4.79 Å². The quantitative estimate of drug-likeness (QED) is 0.657. The van der Waals surface area contributed by atoms with Crippen LogP contribution in [-0.2, 0) is 4.79 Å². The first-order valence-corrected chi connectivity index (χ1v) is 7.26. The Bertz CT molecular complexity index is 678. The number of benzene rings is 2. The van der Waals surface area contributed by atoms with Gasteiger partial charge >= 0.3 is 0 Å². The Morgan fingerprint density at radius 3 is 2.50 bits per heavy atom. The summed E-state index contributed by atoms with van der Waals surface area (Å²) >= 11 is 0. The fraction of sp³-hybridized carbons (Fsp3) is 0.222. The summed E-state index contributed by atoms with van der Waals surface area (Å²) in [6.07, 6.45) is 0. The highest BCUT2D eigenvalue weighted by atomic mass is 16.2. The molecule has 0 atom stereocenters. The molecule has 0 bridgehead atoms. The number of nitrogens with one attached hydrogen (secondary N) is 2. The summed E-state index contributed by atoms with van der Waals surface area (Å²) in [4.78, 5) is 11.8. The van der Waals surface area contributed by atoms with E-state index >= 15 is 0 Å². The largest absolute Gasteiger partial charge is 0.376 e. The van der Waals surface area contributed by atoms with Crippen molar-refractivity contribution in [1.82, 2.24) is 5.43 Å². The van der Waals surface area contributed by atoms with Gasteiger partial charge in [0.25, 0.3) is 5.91 Å². The van der Waals surface area contributed by atoms with Gasteiger partial charge in [0, 0.05) is 5.69 Å². The minimum absolute atomic E-state index is 0.171. The fourth-order valence-electron chi connectivity index (χ4n) is 2.12. The molecule has 0 saturated heterocycles. The highest BCUT2D eigenvalue weighted by Gasteiger charge is 2.03. The Morgan fingerprint density at radius 2 is 1.82 bits per heavy atom. The number of hydrogen-bond donors (Lipinski definition) is 2. The standard InChI is InChI=1S/C18H21N3O/c1-13-9-10-17(14(2)11-13)19-12-18(22)21-20-15(3)16-7-5-4-6-8-16/h4-11,19H,12H2,1-3H3,(H,21,22)/b20-15+. The van der Waals surface area contributed by atoms with E-state index in [0.29, 0.717) is 0 Å². The van der Waals surface area contributed by atoms with Gasteiger partial charge in [-0.25, -0.2) is 5.43 Å². The maximum atomic E-state index is 11.8. The molecule has 4 nitrogen and oxygen atoms in total. The summed E-state index contributed by atoms with van der Waals surface area (Å²) in [5, 5.41) is 7.24. The average molecular weight is 295 g/mol. The van der Waals surface area contributed by atoms with E-state index in [9.17, 15) is 4.79 Å². The molecule has 0 saturated carbocycles. The summed E-state index contributed by atoms with van der Waals surface area (Å²) in [6.45, 7) is 6.12. The van der Waals surface area contributed by atoms with Crippen molar-refractivity contribution in [1.29, 1.82) is 0 Å². The van der Waals surface area contributed by atoms with Gasteiger partial charge < -0.3 is 5.32 Å². The third kappa shape index (κ3) is 4.45. The van der Waals surface area contributed by atoms with Gasteiger partial charge in [0.05, 0.1) is 12.3 Å². The average Bonchev–Trinajstić information content (AvgIpc) is 2.52. The molecule has 0 aliphatic carbocycles. The van der Waals surface area contributed by atoms with E-state index in [0.717, 1.165) is 22.5 Å². The third-order valence-electron chi connectivity index (χ3n) is 3.36. The molecular formula is C18H21N3O. The summed E-state index contributed by atoms with van der Waals surface area (Å²) < 4.78 is 0. The molecular weight excluding hydrogens is 274 g/mol.